The minimum Gasteiger partial charge on any atom is -0.380 e. The Labute approximate surface area is 97.7 Å². The van der Waals surface area contributed by atoms with Crippen LogP contribution in [-0.2, 0) is 22.7 Å². The monoisotopic (exact) mass is 223 g/mol. The molecule has 0 aromatic heterocycles. The quantitative estimate of drug-likeness (QED) is 0.778. The highest BCUT2D eigenvalue weighted by Crippen LogP contribution is 2.08. The first-order valence-electron chi connectivity index (χ1n) is 5.49. The molecule has 0 aliphatic carbocycles. The van der Waals surface area contributed by atoms with Crippen molar-refractivity contribution in [3.8, 4) is 0 Å². The fraction of sp³-hybridized carbons (Fsp3) is 0.538. The largest absolute Gasteiger partial charge is 0.380 e. The van der Waals surface area contributed by atoms with Crippen LogP contribution in [0.5, 0.6) is 0 Å². The van der Waals surface area contributed by atoms with Gasteiger partial charge in [0.05, 0.1) is 12.2 Å². The second-order valence-electron chi connectivity index (χ2n) is 4.79. The number of rotatable bonds is 5. The van der Waals surface area contributed by atoms with E-state index in [0.29, 0.717) is 13.2 Å². The first-order valence-corrected chi connectivity index (χ1v) is 5.49. The van der Waals surface area contributed by atoms with Crippen LogP contribution in [0.1, 0.15) is 31.9 Å². The summed E-state index contributed by atoms with van der Waals surface area (Å²) in [6.45, 7) is 7.40. The Morgan fingerprint density at radius 2 is 1.88 bits per heavy atom. The molecule has 0 radical (unpaired) electrons. The summed E-state index contributed by atoms with van der Waals surface area (Å²) in [6.07, 6.45) is 0. The van der Waals surface area contributed by atoms with Gasteiger partial charge in [0.25, 0.3) is 0 Å². The Balaban J connectivity index is 2.44. The van der Waals surface area contributed by atoms with Gasteiger partial charge in [0.1, 0.15) is 0 Å². The van der Waals surface area contributed by atoms with Crippen LogP contribution in [0.15, 0.2) is 24.3 Å². The molecular formula is C13H21NO2. The van der Waals surface area contributed by atoms with Crippen LogP contribution in [0.4, 0.5) is 0 Å². The zero-order valence-corrected chi connectivity index (χ0v) is 10.5. The van der Waals surface area contributed by atoms with Gasteiger partial charge < -0.3 is 4.74 Å². The van der Waals surface area contributed by atoms with Crippen molar-refractivity contribution in [3.63, 3.8) is 0 Å². The fourth-order valence-electron chi connectivity index (χ4n) is 1.33. The maximum atomic E-state index is 5.45. The predicted octanol–water partition coefficient (Wildman–Crippen LogP) is 2.65. The summed E-state index contributed by atoms with van der Waals surface area (Å²) < 4.78 is 5.09. The van der Waals surface area contributed by atoms with E-state index < -0.39 is 0 Å². The lowest BCUT2D eigenvalue weighted by molar-refractivity contribution is -0.0757. The van der Waals surface area contributed by atoms with Crippen LogP contribution in [0.2, 0.25) is 0 Å². The topological polar surface area (TPSA) is 30.5 Å². The molecule has 0 heterocycles. The third-order valence-electron chi connectivity index (χ3n) is 1.96. The lowest BCUT2D eigenvalue weighted by atomic mass is 10.1. The summed E-state index contributed by atoms with van der Waals surface area (Å²) in [6, 6.07) is 8.26. The molecule has 16 heavy (non-hydrogen) atoms. The van der Waals surface area contributed by atoms with Crippen LogP contribution in [-0.4, -0.2) is 12.7 Å². The van der Waals surface area contributed by atoms with E-state index in [9.17, 15) is 0 Å². The van der Waals surface area contributed by atoms with Gasteiger partial charge in [0, 0.05) is 13.7 Å². The Morgan fingerprint density at radius 3 is 2.50 bits per heavy atom. The van der Waals surface area contributed by atoms with E-state index in [1.54, 1.807) is 7.11 Å². The van der Waals surface area contributed by atoms with Gasteiger partial charge in [-0.3, -0.25) is 4.84 Å². The molecule has 0 atom stereocenters. The van der Waals surface area contributed by atoms with Crippen molar-refractivity contribution in [3.05, 3.63) is 35.4 Å². The average molecular weight is 223 g/mol. The molecule has 0 amide bonds. The molecule has 3 heteroatoms. The van der Waals surface area contributed by atoms with E-state index in [4.69, 9.17) is 9.57 Å². The zero-order chi connectivity index (χ0) is 12.0. The molecule has 0 saturated heterocycles. The average Bonchev–Trinajstić information content (AvgIpc) is 2.17. The Hall–Kier alpha value is -0.900. The van der Waals surface area contributed by atoms with Crippen molar-refractivity contribution in [2.75, 3.05) is 7.11 Å². The molecule has 0 aliphatic heterocycles. The lowest BCUT2D eigenvalue weighted by Crippen LogP contribution is -2.28. The normalized spacial score (nSPS) is 11.8. The van der Waals surface area contributed by atoms with Crippen molar-refractivity contribution in [1.82, 2.24) is 5.48 Å². The minimum absolute atomic E-state index is 0.163. The van der Waals surface area contributed by atoms with Crippen molar-refractivity contribution in [2.45, 2.75) is 39.5 Å². The van der Waals surface area contributed by atoms with E-state index >= 15 is 0 Å². The van der Waals surface area contributed by atoms with E-state index in [0.717, 1.165) is 0 Å². The molecule has 1 aromatic carbocycles. The molecule has 1 rings (SSSR count). The fourth-order valence-corrected chi connectivity index (χ4v) is 1.33. The molecule has 0 bridgehead atoms. The van der Waals surface area contributed by atoms with Crippen molar-refractivity contribution < 1.29 is 9.57 Å². The molecule has 0 fully saturated rings. The summed E-state index contributed by atoms with van der Waals surface area (Å²) in [5.41, 5.74) is 5.18. The van der Waals surface area contributed by atoms with Crippen molar-refractivity contribution in [2.24, 2.45) is 0 Å². The van der Waals surface area contributed by atoms with Crippen LogP contribution >= 0.6 is 0 Å². The highest BCUT2D eigenvalue weighted by Gasteiger charge is 2.09. The smallest absolute Gasteiger partial charge is 0.0813 e. The molecular weight excluding hydrogens is 202 g/mol. The minimum atomic E-state index is -0.163. The molecule has 1 N–H and O–H groups in total. The highest BCUT2D eigenvalue weighted by atomic mass is 16.7. The highest BCUT2D eigenvalue weighted by molar-refractivity contribution is 5.22. The number of hydrogen-bond donors (Lipinski definition) is 1. The molecule has 3 nitrogen and oxygen atoms in total. The molecule has 0 saturated carbocycles. The maximum absolute atomic E-state index is 5.45. The molecule has 0 unspecified atom stereocenters. The van der Waals surface area contributed by atoms with E-state index in [-0.39, 0.29) is 5.60 Å². The molecule has 0 aliphatic rings. The van der Waals surface area contributed by atoms with Gasteiger partial charge in [0.2, 0.25) is 0 Å². The second kappa shape index (κ2) is 5.99. The Bertz CT molecular complexity index is 318. The Kier molecular flexibility index (Phi) is 4.93. The van der Waals surface area contributed by atoms with E-state index in [2.05, 4.69) is 23.7 Å². The standard InChI is InChI=1S/C13H21NO2/c1-13(2,3)16-14-9-11-6-5-7-12(8-11)10-15-4/h5-8,14H,9-10H2,1-4H3. The van der Waals surface area contributed by atoms with E-state index in [1.165, 1.54) is 11.1 Å². The Morgan fingerprint density at radius 1 is 1.19 bits per heavy atom. The van der Waals surface area contributed by atoms with Gasteiger partial charge >= 0.3 is 0 Å². The third kappa shape index (κ3) is 5.26. The van der Waals surface area contributed by atoms with Gasteiger partial charge in [-0.25, -0.2) is 0 Å². The zero-order valence-electron chi connectivity index (χ0n) is 10.5. The summed E-state index contributed by atoms with van der Waals surface area (Å²) in [4.78, 5) is 5.45. The predicted molar refractivity (Wildman–Crippen MR) is 64.8 cm³/mol. The second-order valence-corrected chi connectivity index (χ2v) is 4.79. The van der Waals surface area contributed by atoms with Crippen LogP contribution in [0.3, 0.4) is 0 Å². The van der Waals surface area contributed by atoms with Gasteiger partial charge in [0.15, 0.2) is 0 Å². The number of hydrogen-bond acceptors (Lipinski definition) is 3. The van der Waals surface area contributed by atoms with Gasteiger partial charge in [-0.05, 0) is 31.9 Å². The maximum Gasteiger partial charge on any atom is 0.0813 e. The molecule has 1 aromatic rings. The van der Waals surface area contributed by atoms with E-state index in [1.807, 2.05) is 26.8 Å². The van der Waals surface area contributed by atoms with Gasteiger partial charge in [-0.2, -0.15) is 5.48 Å². The first-order chi connectivity index (χ1) is 7.51. The van der Waals surface area contributed by atoms with Crippen LogP contribution < -0.4 is 5.48 Å². The van der Waals surface area contributed by atoms with Gasteiger partial charge in [-0.15, -0.1) is 0 Å². The third-order valence-corrected chi connectivity index (χ3v) is 1.96. The number of benzene rings is 1. The summed E-state index contributed by atoms with van der Waals surface area (Å²) in [5, 5.41) is 0. The molecule has 90 valence electrons. The SMILES string of the molecule is COCc1cccc(CNOC(C)(C)C)c1. The summed E-state index contributed by atoms with van der Waals surface area (Å²) >= 11 is 0. The van der Waals surface area contributed by atoms with Gasteiger partial charge in [-0.1, -0.05) is 24.3 Å². The number of methoxy groups -OCH3 is 1. The molecule has 0 spiro atoms. The summed E-state index contributed by atoms with van der Waals surface area (Å²) in [5.74, 6) is 0. The van der Waals surface area contributed by atoms with Crippen molar-refractivity contribution in [1.29, 1.82) is 0 Å². The van der Waals surface area contributed by atoms with Crippen LogP contribution in [0, 0.1) is 0 Å². The van der Waals surface area contributed by atoms with Crippen molar-refractivity contribution >= 4 is 0 Å². The van der Waals surface area contributed by atoms with Crippen LogP contribution in [0.25, 0.3) is 0 Å². The lowest BCUT2D eigenvalue weighted by Gasteiger charge is -2.19. The number of hydroxylamine groups is 1. The first kappa shape index (κ1) is 13.2. The number of ether oxygens (including phenoxy) is 1. The number of nitrogens with one attached hydrogen (secondary N) is 1. The summed E-state index contributed by atoms with van der Waals surface area (Å²) in [7, 11) is 1.70.